The third-order valence-corrected chi connectivity index (χ3v) is 4.65. The van der Waals surface area contributed by atoms with Crippen molar-refractivity contribution in [2.45, 2.75) is 51.9 Å². The molecule has 0 radical (unpaired) electrons. The summed E-state index contributed by atoms with van der Waals surface area (Å²) in [6, 6.07) is 5.69. The molecule has 1 aromatic rings. The highest BCUT2D eigenvalue weighted by Crippen LogP contribution is 2.30. The fraction of sp³-hybridized carbons (Fsp3) is 0.588. The van der Waals surface area contributed by atoms with Crippen molar-refractivity contribution in [1.82, 2.24) is 0 Å². The Morgan fingerprint density at radius 1 is 1.20 bits per heavy atom. The third kappa shape index (κ3) is 4.08. The van der Waals surface area contributed by atoms with Crippen LogP contribution in [0, 0.1) is 5.92 Å². The first-order valence-corrected chi connectivity index (χ1v) is 8.48. The van der Waals surface area contributed by atoms with E-state index in [0.717, 1.165) is 28.6 Å². The highest BCUT2D eigenvalue weighted by molar-refractivity contribution is 9.10. The average Bonchev–Trinajstić information content (AvgIpc) is 2.38. The minimum Gasteiger partial charge on any atom is -0.494 e. The van der Waals surface area contributed by atoms with Crippen LogP contribution in [0.25, 0.3) is 0 Å². The van der Waals surface area contributed by atoms with Gasteiger partial charge in [0.2, 0.25) is 0 Å². The Balaban J connectivity index is 2.10. The van der Waals surface area contributed by atoms with Crippen LogP contribution in [0.15, 0.2) is 22.7 Å². The van der Waals surface area contributed by atoms with Crippen LogP contribution in [-0.2, 0) is 0 Å². The standard InChI is InChI=1S/C17H23BrO2/c1-2-20-14-10-11-15(16(18)12-14)17(19)13-8-6-4-3-5-7-9-13/h10-13H,2-9H2,1H3. The van der Waals surface area contributed by atoms with Gasteiger partial charge in [-0.25, -0.2) is 0 Å². The van der Waals surface area contributed by atoms with Crippen LogP contribution >= 0.6 is 15.9 Å². The Kier molecular flexibility index (Phi) is 6.08. The van der Waals surface area contributed by atoms with E-state index < -0.39 is 0 Å². The van der Waals surface area contributed by atoms with Crippen molar-refractivity contribution >= 4 is 21.7 Å². The monoisotopic (exact) mass is 338 g/mol. The van der Waals surface area contributed by atoms with Gasteiger partial charge in [-0.3, -0.25) is 4.79 Å². The molecule has 2 rings (SSSR count). The number of hydrogen-bond donors (Lipinski definition) is 0. The maximum Gasteiger partial charge on any atom is 0.167 e. The van der Waals surface area contributed by atoms with Gasteiger partial charge in [0, 0.05) is 16.0 Å². The van der Waals surface area contributed by atoms with Crippen LogP contribution in [0.1, 0.15) is 62.2 Å². The van der Waals surface area contributed by atoms with Gasteiger partial charge in [-0.2, -0.15) is 0 Å². The number of rotatable bonds is 4. The summed E-state index contributed by atoms with van der Waals surface area (Å²) in [4.78, 5) is 12.7. The summed E-state index contributed by atoms with van der Waals surface area (Å²) in [5.74, 6) is 1.31. The second-order valence-corrected chi connectivity index (χ2v) is 6.34. The summed E-state index contributed by atoms with van der Waals surface area (Å²) in [6.45, 7) is 2.60. The van der Waals surface area contributed by atoms with Crippen LogP contribution in [0.5, 0.6) is 5.75 Å². The number of carbonyl (C=O) groups excluding carboxylic acids is 1. The van der Waals surface area contributed by atoms with Gasteiger partial charge >= 0.3 is 0 Å². The molecule has 0 amide bonds. The molecule has 1 aliphatic rings. The van der Waals surface area contributed by atoms with Crippen LogP contribution in [0.4, 0.5) is 0 Å². The normalized spacial score (nSPS) is 17.3. The van der Waals surface area contributed by atoms with Crippen molar-refractivity contribution in [1.29, 1.82) is 0 Å². The first kappa shape index (κ1) is 15.6. The number of ether oxygens (including phenoxy) is 1. The number of carbonyl (C=O) groups is 1. The van der Waals surface area contributed by atoms with E-state index in [0.29, 0.717) is 12.4 Å². The fourth-order valence-electron chi connectivity index (χ4n) is 2.89. The molecule has 0 saturated heterocycles. The maximum atomic E-state index is 12.7. The van der Waals surface area contributed by atoms with Crippen molar-refractivity contribution in [2.75, 3.05) is 6.61 Å². The van der Waals surface area contributed by atoms with E-state index in [9.17, 15) is 4.79 Å². The van der Waals surface area contributed by atoms with Gasteiger partial charge in [0.25, 0.3) is 0 Å². The Morgan fingerprint density at radius 2 is 1.85 bits per heavy atom. The minimum absolute atomic E-state index is 0.199. The zero-order chi connectivity index (χ0) is 14.4. The summed E-state index contributed by atoms with van der Waals surface area (Å²) in [6.07, 6.45) is 8.32. The molecule has 0 N–H and O–H groups in total. The number of hydrogen-bond acceptors (Lipinski definition) is 2. The first-order valence-electron chi connectivity index (χ1n) is 7.69. The van der Waals surface area contributed by atoms with Gasteiger partial charge < -0.3 is 4.74 Å². The molecule has 0 atom stereocenters. The molecule has 2 nitrogen and oxygen atoms in total. The lowest BCUT2D eigenvalue weighted by molar-refractivity contribution is 0.0897. The first-order chi connectivity index (χ1) is 9.72. The van der Waals surface area contributed by atoms with E-state index in [1.807, 2.05) is 25.1 Å². The zero-order valence-corrected chi connectivity index (χ0v) is 13.7. The minimum atomic E-state index is 0.199. The van der Waals surface area contributed by atoms with E-state index >= 15 is 0 Å². The van der Waals surface area contributed by atoms with E-state index in [1.54, 1.807) is 0 Å². The fourth-order valence-corrected chi connectivity index (χ4v) is 3.44. The lowest BCUT2D eigenvalue weighted by atomic mass is 9.86. The quantitative estimate of drug-likeness (QED) is 0.688. The number of halogens is 1. The summed E-state index contributed by atoms with van der Waals surface area (Å²) >= 11 is 3.52. The predicted molar refractivity (Wildman–Crippen MR) is 85.5 cm³/mol. The smallest absolute Gasteiger partial charge is 0.167 e. The molecule has 3 heteroatoms. The Hall–Kier alpha value is -0.830. The van der Waals surface area contributed by atoms with Crippen molar-refractivity contribution in [3.63, 3.8) is 0 Å². The molecule has 1 aromatic carbocycles. The van der Waals surface area contributed by atoms with Gasteiger partial charge in [0.1, 0.15) is 5.75 Å². The molecular formula is C17H23BrO2. The largest absolute Gasteiger partial charge is 0.494 e. The van der Waals surface area contributed by atoms with Crippen molar-refractivity contribution in [3.05, 3.63) is 28.2 Å². The average molecular weight is 339 g/mol. The lowest BCUT2D eigenvalue weighted by Gasteiger charge is -2.19. The van der Waals surface area contributed by atoms with Gasteiger partial charge in [-0.1, -0.05) is 32.1 Å². The summed E-state index contributed by atoms with van der Waals surface area (Å²) in [7, 11) is 0. The van der Waals surface area contributed by atoms with Gasteiger partial charge in [-0.15, -0.1) is 0 Å². The third-order valence-electron chi connectivity index (χ3n) is 3.99. The molecule has 1 fully saturated rings. The van der Waals surface area contributed by atoms with E-state index in [1.165, 1.54) is 32.1 Å². The van der Waals surface area contributed by atoms with Gasteiger partial charge in [0.05, 0.1) is 6.61 Å². The van der Waals surface area contributed by atoms with Crippen LogP contribution in [0.3, 0.4) is 0 Å². The van der Waals surface area contributed by atoms with Crippen LogP contribution in [0.2, 0.25) is 0 Å². The molecular weight excluding hydrogens is 316 g/mol. The van der Waals surface area contributed by atoms with E-state index in [2.05, 4.69) is 15.9 Å². The Labute approximate surface area is 130 Å². The summed E-state index contributed by atoms with van der Waals surface area (Å²) in [5.41, 5.74) is 0.805. The predicted octanol–water partition coefficient (Wildman–Crippen LogP) is 5.39. The highest BCUT2D eigenvalue weighted by atomic mass is 79.9. The van der Waals surface area contributed by atoms with Crippen LogP contribution < -0.4 is 4.74 Å². The lowest BCUT2D eigenvalue weighted by Crippen LogP contribution is -2.16. The summed E-state index contributed by atoms with van der Waals surface area (Å²) in [5, 5.41) is 0. The van der Waals surface area contributed by atoms with Crippen LogP contribution in [-0.4, -0.2) is 12.4 Å². The molecule has 0 bridgehead atoms. The van der Waals surface area contributed by atoms with Crippen molar-refractivity contribution in [2.24, 2.45) is 5.92 Å². The second kappa shape index (κ2) is 7.82. The number of benzene rings is 1. The topological polar surface area (TPSA) is 26.3 Å². The van der Waals surface area contributed by atoms with Gasteiger partial charge in [-0.05, 0) is 53.9 Å². The second-order valence-electron chi connectivity index (χ2n) is 5.48. The zero-order valence-electron chi connectivity index (χ0n) is 12.2. The molecule has 20 heavy (non-hydrogen) atoms. The molecule has 1 aliphatic carbocycles. The van der Waals surface area contributed by atoms with Crippen molar-refractivity contribution < 1.29 is 9.53 Å². The molecule has 0 aromatic heterocycles. The number of ketones is 1. The molecule has 1 saturated carbocycles. The number of Topliss-reactive ketones (excluding diaryl/α,β-unsaturated/α-hetero) is 1. The van der Waals surface area contributed by atoms with Crippen molar-refractivity contribution in [3.8, 4) is 5.75 Å². The molecule has 110 valence electrons. The molecule has 0 heterocycles. The van der Waals surface area contributed by atoms with E-state index in [-0.39, 0.29) is 5.92 Å². The molecule has 0 spiro atoms. The SMILES string of the molecule is CCOc1ccc(C(=O)C2CCCCCCC2)c(Br)c1. The molecule has 0 aliphatic heterocycles. The molecule has 0 unspecified atom stereocenters. The summed E-state index contributed by atoms with van der Waals surface area (Å²) < 4.78 is 6.32. The highest BCUT2D eigenvalue weighted by Gasteiger charge is 2.22. The van der Waals surface area contributed by atoms with Gasteiger partial charge in [0.15, 0.2) is 5.78 Å². The Bertz CT molecular complexity index is 448. The van der Waals surface area contributed by atoms with E-state index in [4.69, 9.17) is 4.74 Å². The Morgan fingerprint density at radius 3 is 2.45 bits per heavy atom. The maximum absolute atomic E-state index is 12.7.